The van der Waals surface area contributed by atoms with Gasteiger partial charge in [-0.3, -0.25) is 4.98 Å². The second kappa shape index (κ2) is 7.37. The van der Waals surface area contributed by atoms with Gasteiger partial charge in [-0.1, -0.05) is 15.9 Å². The van der Waals surface area contributed by atoms with E-state index in [2.05, 4.69) is 41.5 Å². The number of pyridine rings is 1. The normalized spacial score (nSPS) is 11.3. The van der Waals surface area contributed by atoms with E-state index in [9.17, 15) is 4.39 Å². The summed E-state index contributed by atoms with van der Waals surface area (Å²) >= 11 is 3.26. The maximum absolute atomic E-state index is 14.2. The second-order valence-electron chi connectivity index (χ2n) is 6.83. The first-order valence-electron chi connectivity index (χ1n) is 8.10. The van der Waals surface area contributed by atoms with Gasteiger partial charge >= 0.3 is 0 Å². The van der Waals surface area contributed by atoms with Crippen LogP contribution in [0.15, 0.2) is 53.3 Å². The largest absolute Gasteiger partial charge is 0.350 e. The van der Waals surface area contributed by atoms with Crippen LogP contribution in [0.25, 0.3) is 11.3 Å². The molecule has 0 aliphatic heterocycles. The summed E-state index contributed by atoms with van der Waals surface area (Å²) in [7, 11) is 0. The van der Waals surface area contributed by atoms with Gasteiger partial charge in [0.25, 0.3) is 0 Å². The predicted molar refractivity (Wildman–Crippen MR) is 106 cm³/mol. The van der Waals surface area contributed by atoms with Crippen LogP contribution in [0.4, 0.5) is 21.8 Å². The average Bonchev–Trinajstić information content (AvgIpc) is 2.56. The van der Waals surface area contributed by atoms with Gasteiger partial charge in [0.15, 0.2) is 0 Å². The topological polar surface area (TPSA) is 62.7 Å². The van der Waals surface area contributed by atoms with Gasteiger partial charge in [-0.2, -0.15) is 4.98 Å². The minimum absolute atomic E-state index is 0.215. The first-order chi connectivity index (χ1) is 12.3. The molecule has 2 N–H and O–H groups in total. The van der Waals surface area contributed by atoms with Crippen molar-refractivity contribution in [3.05, 3.63) is 59.1 Å². The molecule has 0 radical (unpaired) electrons. The van der Waals surface area contributed by atoms with Crippen LogP contribution in [-0.4, -0.2) is 20.5 Å². The number of hydrogen-bond acceptors (Lipinski definition) is 5. The molecule has 3 rings (SSSR count). The number of nitrogens with one attached hydrogen (secondary N) is 2. The molecule has 0 saturated heterocycles. The van der Waals surface area contributed by atoms with E-state index in [1.807, 2.05) is 32.9 Å². The average molecular weight is 416 g/mol. The molecule has 0 aliphatic rings. The zero-order chi connectivity index (χ0) is 18.7. The first-order valence-corrected chi connectivity index (χ1v) is 8.89. The fourth-order valence-electron chi connectivity index (χ4n) is 2.29. The number of anilines is 3. The van der Waals surface area contributed by atoms with E-state index in [1.54, 1.807) is 30.6 Å². The van der Waals surface area contributed by atoms with E-state index in [1.165, 1.54) is 6.07 Å². The zero-order valence-corrected chi connectivity index (χ0v) is 16.3. The van der Waals surface area contributed by atoms with Gasteiger partial charge in [-0.15, -0.1) is 0 Å². The van der Waals surface area contributed by atoms with Crippen molar-refractivity contribution in [1.82, 2.24) is 15.0 Å². The lowest BCUT2D eigenvalue weighted by Crippen LogP contribution is -2.27. The van der Waals surface area contributed by atoms with E-state index in [-0.39, 0.29) is 11.4 Å². The third-order valence-corrected chi connectivity index (χ3v) is 3.86. The number of hydrogen-bond donors (Lipinski definition) is 2. The summed E-state index contributed by atoms with van der Waals surface area (Å²) in [6, 6.07) is 10.4. The summed E-state index contributed by atoms with van der Waals surface area (Å²) in [5.41, 5.74) is 1.67. The number of benzene rings is 1. The van der Waals surface area contributed by atoms with Crippen molar-refractivity contribution in [2.45, 2.75) is 26.3 Å². The molecule has 1 aromatic carbocycles. The van der Waals surface area contributed by atoms with Gasteiger partial charge in [0.1, 0.15) is 11.6 Å². The predicted octanol–water partition coefficient (Wildman–Crippen LogP) is 5.39. The zero-order valence-electron chi connectivity index (χ0n) is 14.7. The lowest BCUT2D eigenvalue weighted by atomic mass is 10.1. The number of halogens is 2. The first kappa shape index (κ1) is 18.3. The smallest absolute Gasteiger partial charge is 0.225 e. The molecule has 0 unspecified atom stereocenters. The Kier molecular flexibility index (Phi) is 5.18. The van der Waals surface area contributed by atoms with Gasteiger partial charge in [0.2, 0.25) is 5.95 Å². The molecule has 0 atom stereocenters. The maximum atomic E-state index is 14.2. The monoisotopic (exact) mass is 415 g/mol. The highest BCUT2D eigenvalue weighted by atomic mass is 79.9. The van der Waals surface area contributed by atoms with Crippen molar-refractivity contribution in [2.24, 2.45) is 0 Å². The van der Waals surface area contributed by atoms with E-state index >= 15 is 0 Å². The Morgan fingerprint density at radius 1 is 1.08 bits per heavy atom. The van der Waals surface area contributed by atoms with Crippen LogP contribution in [-0.2, 0) is 0 Å². The summed E-state index contributed by atoms with van der Waals surface area (Å²) in [4.78, 5) is 13.2. The van der Waals surface area contributed by atoms with E-state index in [0.717, 1.165) is 5.56 Å². The molecule has 134 valence electrons. The molecule has 2 heterocycles. The fraction of sp³-hybridized carbons (Fsp3) is 0.211. The summed E-state index contributed by atoms with van der Waals surface area (Å²) in [6.07, 6.45) is 3.43. The van der Waals surface area contributed by atoms with Crippen molar-refractivity contribution in [3.63, 3.8) is 0 Å². The Bertz CT molecular complexity index is 910. The Labute approximate surface area is 160 Å². The third kappa shape index (κ3) is 4.76. The third-order valence-electron chi connectivity index (χ3n) is 3.36. The fourth-order valence-corrected chi connectivity index (χ4v) is 2.63. The molecular formula is C19H19BrFN5. The summed E-state index contributed by atoms with van der Waals surface area (Å²) < 4.78 is 14.8. The number of aromatic nitrogens is 3. The van der Waals surface area contributed by atoms with Crippen LogP contribution in [0, 0.1) is 5.82 Å². The lowest BCUT2D eigenvalue weighted by molar-refractivity contribution is 0.625. The van der Waals surface area contributed by atoms with E-state index < -0.39 is 0 Å². The van der Waals surface area contributed by atoms with Gasteiger partial charge in [0, 0.05) is 34.0 Å². The van der Waals surface area contributed by atoms with Crippen LogP contribution >= 0.6 is 15.9 Å². The highest BCUT2D eigenvalue weighted by Gasteiger charge is 2.14. The Hall–Kier alpha value is -2.54. The lowest BCUT2D eigenvalue weighted by Gasteiger charge is -2.21. The minimum atomic E-state index is -0.369. The molecule has 0 spiro atoms. The molecule has 2 aromatic heterocycles. The minimum Gasteiger partial charge on any atom is -0.350 e. The SMILES string of the molecule is CC(C)(C)Nc1nc(Nc2ccc(Br)cc2F)cc(-c2cccnc2)n1. The Balaban J connectivity index is 2.01. The van der Waals surface area contributed by atoms with Crippen molar-refractivity contribution < 1.29 is 4.39 Å². The van der Waals surface area contributed by atoms with Crippen molar-refractivity contribution in [3.8, 4) is 11.3 Å². The molecule has 0 bridgehead atoms. The van der Waals surface area contributed by atoms with Gasteiger partial charge in [0.05, 0.1) is 11.4 Å². The Morgan fingerprint density at radius 2 is 1.88 bits per heavy atom. The Morgan fingerprint density at radius 3 is 2.54 bits per heavy atom. The van der Waals surface area contributed by atoms with Gasteiger partial charge in [-0.05, 0) is 51.1 Å². The molecule has 26 heavy (non-hydrogen) atoms. The van der Waals surface area contributed by atoms with Crippen LogP contribution in [0.5, 0.6) is 0 Å². The molecular weight excluding hydrogens is 397 g/mol. The quantitative estimate of drug-likeness (QED) is 0.597. The highest BCUT2D eigenvalue weighted by molar-refractivity contribution is 9.10. The van der Waals surface area contributed by atoms with E-state index in [4.69, 9.17) is 0 Å². The summed E-state index contributed by atoms with van der Waals surface area (Å²) in [5, 5.41) is 6.29. The molecule has 0 amide bonds. The van der Waals surface area contributed by atoms with E-state index in [0.29, 0.717) is 27.6 Å². The van der Waals surface area contributed by atoms with Crippen LogP contribution in [0.1, 0.15) is 20.8 Å². The van der Waals surface area contributed by atoms with Crippen LogP contribution in [0.3, 0.4) is 0 Å². The summed E-state index contributed by atoms with van der Waals surface area (Å²) in [6.45, 7) is 6.07. The van der Waals surface area contributed by atoms with Crippen molar-refractivity contribution in [2.75, 3.05) is 10.6 Å². The molecule has 3 aromatic rings. The van der Waals surface area contributed by atoms with Crippen LogP contribution in [0.2, 0.25) is 0 Å². The standard InChI is InChI=1S/C19H19BrFN5/c1-19(2,3)26-18-24-16(12-5-4-8-22-11-12)10-17(25-18)23-15-7-6-13(20)9-14(15)21/h4-11H,1-3H3,(H2,23,24,25,26). The number of rotatable bonds is 4. The maximum Gasteiger partial charge on any atom is 0.225 e. The molecule has 0 saturated carbocycles. The number of nitrogens with zero attached hydrogens (tertiary/aromatic N) is 3. The van der Waals surface area contributed by atoms with Gasteiger partial charge in [-0.25, -0.2) is 9.37 Å². The summed E-state index contributed by atoms with van der Waals surface area (Å²) in [5.74, 6) is 0.581. The molecule has 5 nitrogen and oxygen atoms in total. The van der Waals surface area contributed by atoms with Crippen molar-refractivity contribution in [1.29, 1.82) is 0 Å². The second-order valence-corrected chi connectivity index (χ2v) is 7.74. The molecule has 7 heteroatoms. The van der Waals surface area contributed by atoms with Crippen LogP contribution < -0.4 is 10.6 Å². The molecule has 0 fully saturated rings. The molecule has 0 aliphatic carbocycles. The van der Waals surface area contributed by atoms with Gasteiger partial charge < -0.3 is 10.6 Å². The van der Waals surface area contributed by atoms with Crippen molar-refractivity contribution >= 4 is 33.4 Å². The highest BCUT2D eigenvalue weighted by Crippen LogP contribution is 2.26.